The fourth-order valence-electron chi connectivity index (χ4n) is 3.51. The second-order valence-corrected chi connectivity index (χ2v) is 5.98. The van der Waals surface area contributed by atoms with Crippen molar-refractivity contribution in [1.29, 1.82) is 0 Å². The van der Waals surface area contributed by atoms with Gasteiger partial charge in [0, 0.05) is 35.6 Å². The lowest BCUT2D eigenvalue weighted by atomic mass is 9.95. The van der Waals surface area contributed by atoms with Crippen LogP contribution in [0.2, 0.25) is 0 Å². The number of aromatic nitrogens is 1. The second kappa shape index (κ2) is 5.01. The Balaban J connectivity index is 2.06. The lowest BCUT2D eigenvalue weighted by molar-refractivity contribution is 0.246. The lowest BCUT2D eigenvalue weighted by Gasteiger charge is -2.30. The van der Waals surface area contributed by atoms with E-state index in [9.17, 15) is 0 Å². The van der Waals surface area contributed by atoms with Gasteiger partial charge in [0.2, 0.25) is 0 Å². The van der Waals surface area contributed by atoms with Gasteiger partial charge in [-0.3, -0.25) is 0 Å². The molecule has 2 nitrogen and oxygen atoms in total. The van der Waals surface area contributed by atoms with Crippen molar-refractivity contribution >= 4 is 10.9 Å². The summed E-state index contributed by atoms with van der Waals surface area (Å²) in [6, 6.07) is 9.25. The van der Waals surface area contributed by atoms with Crippen LogP contribution < -0.4 is 0 Å². The van der Waals surface area contributed by atoms with Crippen molar-refractivity contribution in [2.45, 2.75) is 39.2 Å². The molecule has 1 unspecified atom stereocenters. The van der Waals surface area contributed by atoms with E-state index in [2.05, 4.69) is 54.6 Å². The van der Waals surface area contributed by atoms with Crippen LogP contribution in [-0.2, 0) is 6.54 Å². The lowest BCUT2D eigenvalue weighted by Crippen LogP contribution is -2.31. The molecule has 2 heterocycles. The van der Waals surface area contributed by atoms with E-state index in [-0.39, 0.29) is 0 Å². The van der Waals surface area contributed by atoms with E-state index in [1.165, 1.54) is 48.1 Å². The molecule has 2 aromatic rings. The van der Waals surface area contributed by atoms with Gasteiger partial charge in [0.05, 0.1) is 0 Å². The van der Waals surface area contributed by atoms with E-state index in [0.717, 1.165) is 6.54 Å². The van der Waals surface area contributed by atoms with E-state index in [1.807, 2.05) is 0 Å². The van der Waals surface area contributed by atoms with Crippen molar-refractivity contribution in [3.63, 3.8) is 0 Å². The molecule has 0 bridgehead atoms. The predicted octanol–water partition coefficient (Wildman–Crippen LogP) is 3.78. The van der Waals surface area contributed by atoms with Crippen molar-refractivity contribution in [2.24, 2.45) is 0 Å². The summed E-state index contributed by atoms with van der Waals surface area (Å²) in [6.07, 6.45) is 2.66. The third kappa shape index (κ3) is 2.30. The molecule has 0 amide bonds. The quantitative estimate of drug-likeness (QED) is 0.794. The molecule has 0 aliphatic carbocycles. The fraction of sp³-hybridized carbons (Fsp3) is 0.529. The van der Waals surface area contributed by atoms with Gasteiger partial charge in [-0.05, 0) is 58.5 Å². The van der Waals surface area contributed by atoms with E-state index < -0.39 is 0 Å². The predicted molar refractivity (Wildman–Crippen MR) is 81.8 cm³/mol. The number of rotatable bonds is 2. The molecule has 0 spiro atoms. The second-order valence-electron chi connectivity index (χ2n) is 5.98. The van der Waals surface area contributed by atoms with Gasteiger partial charge in [0.1, 0.15) is 0 Å². The van der Waals surface area contributed by atoms with Gasteiger partial charge in [0.25, 0.3) is 0 Å². The molecule has 19 heavy (non-hydrogen) atoms. The zero-order chi connectivity index (χ0) is 13.4. The number of fused-ring (bicyclic) bond motifs is 1. The summed E-state index contributed by atoms with van der Waals surface area (Å²) in [5.74, 6) is 0.700. The number of aryl methyl sites for hydroxylation is 2. The summed E-state index contributed by atoms with van der Waals surface area (Å²) in [5, 5.41) is 1.41. The molecule has 0 saturated carbocycles. The van der Waals surface area contributed by atoms with Gasteiger partial charge in [-0.25, -0.2) is 0 Å². The van der Waals surface area contributed by atoms with E-state index >= 15 is 0 Å². The number of likely N-dealkylation sites (N-methyl/N-ethyl adjacent to an activating group) is 1. The maximum absolute atomic E-state index is 2.51. The summed E-state index contributed by atoms with van der Waals surface area (Å²) < 4.78 is 2.51. The van der Waals surface area contributed by atoms with E-state index in [0.29, 0.717) is 5.92 Å². The standard InChI is InChI=1S/C17H24N2/c1-4-19-16-8-7-13(2)10-15(16)11-17(19)14-6-5-9-18(3)12-14/h7-8,10-11,14H,4-6,9,12H2,1-3H3. The Hall–Kier alpha value is -1.28. The van der Waals surface area contributed by atoms with Gasteiger partial charge in [0.15, 0.2) is 0 Å². The molecule has 1 aliphatic rings. The van der Waals surface area contributed by atoms with Gasteiger partial charge >= 0.3 is 0 Å². The Kier molecular flexibility index (Phi) is 3.36. The Bertz CT molecular complexity index is 582. The first-order valence-corrected chi connectivity index (χ1v) is 7.47. The number of benzene rings is 1. The summed E-state index contributed by atoms with van der Waals surface area (Å²) in [6.45, 7) is 7.96. The van der Waals surface area contributed by atoms with Crippen LogP contribution >= 0.6 is 0 Å². The van der Waals surface area contributed by atoms with Gasteiger partial charge < -0.3 is 9.47 Å². The molecule has 2 heteroatoms. The highest BCUT2D eigenvalue weighted by atomic mass is 15.1. The van der Waals surface area contributed by atoms with Crippen LogP contribution in [-0.4, -0.2) is 29.6 Å². The molecule has 1 aliphatic heterocycles. The van der Waals surface area contributed by atoms with Crippen molar-refractivity contribution in [1.82, 2.24) is 9.47 Å². The van der Waals surface area contributed by atoms with E-state index in [1.54, 1.807) is 0 Å². The van der Waals surface area contributed by atoms with Crippen LogP contribution in [0.25, 0.3) is 10.9 Å². The maximum Gasteiger partial charge on any atom is 0.0482 e. The number of hydrogen-bond donors (Lipinski definition) is 0. The molecule has 102 valence electrons. The van der Waals surface area contributed by atoms with Gasteiger partial charge in [-0.2, -0.15) is 0 Å². The number of nitrogens with zero attached hydrogens (tertiary/aromatic N) is 2. The molecule has 1 saturated heterocycles. The minimum absolute atomic E-state index is 0.700. The summed E-state index contributed by atoms with van der Waals surface area (Å²) in [4.78, 5) is 2.47. The third-order valence-electron chi connectivity index (χ3n) is 4.45. The number of likely N-dealkylation sites (tertiary alicyclic amines) is 1. The molecule has 1 aromatic carbocycles. The molecule has 3 rings (SSSR count). The van der Waals surface area contributed by atoms with Crippen molar-refractivity contribution in [3.8, 4) is 0 Å². The SMILES string of the molecule is CCn1c(C2CCCN(C)C2)cc2cc(C)ccc21. The highest BCUT2D eigenvalue weighted by molar-refractivity contribution is 5.82. The first-order chi connectivity index (χ1) is 9.19. The molecular weight excluding hydrogens is 232 g/mol. The molecule has 1 aromatic heterocycles. The fourth-order valence-corrected chi connectivity index (χ4v) is 3.51. The first-order valence-electron chi connectivity index (χ1n) is 7.47. The Labute approximate surface area is 116 Å². The van der Waals surface area contributed by atoms with Crippen molar-refractivity contribution in [2.75, 3.05) is 20.1 Å². The minimum Gasteiger partial charge on any atom is -0.345 e. The highest BCUT2D eigenvalue weighted by Crippen LogP contribution is 2.31. The average molecular weight is 256 g/mol. The van der Waals surface area contributed by atoms with Crippen LogP contribution in [0.4, 0.5) is 0 Å². The van der Waals surface area contributed by atoms with Crippen LogP contribution in [0.5, 0.6) is 0 Å². The number of hydrogen-bond acceptors (Lipinski definition) is 1. The Morgan fingerprint density at radius 3 is 2.84 bits per heavy atom. The monoisotopic (exact) mass is 256 g/mol. The van der Waals surface area contributed by atoms with Crippen LogP contribution in [0, 0.1) is 6.92 Å². The summed E-state index contributed by atoms with van der Waals surface area (Å²) >= 11 is 0. The normalized spacial score (nSPS) is 21.1. The first kappa shape index (κ1) is 12.7. The van der Waals surface area contributed by atoms with Gasteiger partial charge in [-0.1, -0.05) is 11.6 Å². The van der Waals surface area contributed by atoms with Gasteiger partial charge in [-0.15, -0.1) is 0 Å². The molecule has 0 N–H and O–H groups in total. The van der Waals surface area contributed by atoms with E-state index in [4.69, 9.17) is 0 Å². The smallest absolute Gasteiger partial charge is 0.0482 e. The average Bonchev–Trinajstić information content (AvgIpc) is 2.76. The molecule has 1 fully saturated rings. The Morgan fingerprint density at radius 2 is 2.11 bits per heavy atom. The van der Waals surface area contributed by atoms with Crippen LogP contribution in [0.15, 0.2) is 24.3 Å². The number of piperidine rings is 1. The summed E-state index contributed by atoms with van der Waals surface area (Å²) in [7, 11) is 2.25. The third-order valence-corrected chi connectivity index (χ3v) is 4.45. The molecule has 1 atom stereocenters. The van der Waals surface area contributed by atoms with Crippen molar-refractivity contribution in [3.05, 3.63) is 35.5 Å². The topological polar surface area (TPSA) is 8.17 Å². The molecular formula is C17H24N2. The Morgan fingerprint density at radius 1 is 1.26 bits per heavy atom. The zero-order valence-corrected chi connectivity index (χ0v) is 12.3. The van der Waals surface area contributed by atoms with Crippen LogP contribution in [0.3, 0.4) is 0 Å². The van der Waals surface area contributed by atoms with Crippen LogP contribution in [0.1, 0.15) is 36.9 Å². The van der Waals surface area contributed by atoms with Crippen molar-refractivity contribution < 1.29 is 0 Å². The molecule has 0 radical (unpaired) electrons. The highest BCUT2D eigenvalue weighted by Gasteiger charge is 2.22. The zero-order valence-electron chi connectivity index (χ0n) is 12.3. The maximum atomic E-state index is 2.51. The minimum atomic E-state index is 0.700. The summed E-state index contributed by atoms with van der Waals surface area (Å²) in [5.41, 5.74) is 4.29. The largest absolute Gasteiger partial charge is 0.345 e.